The number of nitrogens with two attached hydrogens (primary N) is 1. The third kappa shape index (κ3) is 2.60. The van der Waals surface area contributed by atoms with Crippen LogP contribution >= 0.6 is 11.3 Å². The Kier molecular flexibility index (Phi) is 4.04. The molecule has 0 atom stereocenters. The maximum absolute atomic E-state index is 5.88. The summed E-state index contributed by atoms with van der Waals surface area (Å²) in [5.74, 6) is 0.476. The van der Waals surface area contributed by atoms with Gasteiger partial charge in [-0.05, 0) is 37.0 Å². The molecule has 3 rings (SSSR count). The van der Waals surface area contributed by atoms with Gasteiger partial charge in [0.05, 0.1) is 5.69 Å². The Balaban J connectivity index is 1.71. The van der Waals surface area contributed by atoms with Crippen molar-refractivity contribution in [2.24, 2.45) is 11.1 Å². The molecule has 0 unspecified atom stereocenters. The molecule has 0 amide bonds. The van der Waals surface area contributed by atoms with Crippen molar-refractivity contribution in [3.8, 4) is 0 Å². The minimum atomic E-state index is 0.476. The van der Waals surface area contributed by atoms with E-state index in [-0.39, 0.29) is 0 Å². The molecule has 1 aliphatic carbocycles. The van der Waals surface area contributed by atoms with Gasteiger partial charge in [0.2, 0.25) is 0 Å². The minimum absolute atomic E-state index is 0.476. The van der Waals surface area contributed by atoms with Gasteiger partial charge in [0, 0.05) is 24.5 Å². The molecule has 2 heterocycles. The molecular weight excluding hydrogens is 266 g/mol. The first-order valence-corrected chi connectivity index (χ1v) is 8.90. The first-order valence-electron chi connectivity index (χ1n) is 8.08. The Morgan fingerprint density at radius 3 is 2.35 bits per heavy atom. The molecule has 1 aliphatic heterocycles. The van der Waals surface area contributed by atoms with Gasteiger partial charge in [-0.15, -0.1) is 11.3 Å². The van der Waals surface area contributed by atoms with Crippen molar-refractivity contribution < 1.29 is 0 Å². The largest absolute Gasteiger partial charge is 0.348 e. The van der Waals surface area contributed by atoms with Crippen molar-refractivity contribution >= 4 is 16.5 Å². The highest BCUT2D eigenvalue weighted by Gasteiger charge is 2.37. The third-order valence-corrected chi connectivity index (χ3v) is 6.36. The summed E-state index contributed by atoms with van der Waals surface area (Å²) in [5.41, 5.74) is 7.78. The zero-order valence-corrected chi connectivity index (χ0v) is 13.6. The lowest BCUT2D eigenvalue weighted by atomic mass is 9.77. The van der Waals surface area contributed by atoms with Crippen molar-refractivity contribution in [1.29, 1.82) is 0 Å². The second-order valence-corrected chi connectivity index (χ2v) is 7.92. The summed E-state index contributed by atoms with van der Waals surface area (Å²) in [7, 11) is 0. The first-order chi connectivity index (χ1) is 9.63. The maximum Gasteiger partial charge on any atom is 0.185 e. The molecule has 2 N–H and O–H groups in total. The molecule has 1 saturated heterocycles. The van der Waals surface area contributed by atoms with Crippen LogP contribution < -0.4 is 10.6 Å². The smallest absolute Gasteiger partial charge is 0.185 e. The van der Waals surface area contributed by atoms with Crippen molar-refractivity contribution in [3.05, 3.63) is 10.6 Å². The van der Waals surface area contributed by atoms with Gasteiger partial charge in [0.15, 0.2) is 5.13 Å². The lowest BCUT2D eigenvalue weighted by Gasteiger charge is -2.39. The van der Waals surface area contributed by atoms with E-state index in [4.69, 9.17) is 10.7 Å². The minimum Gasteiger partial charge on any atom is -0.348 e. The van der Waals surface area contributed by atoms with E-state index in [1.54, 1.807) is 0 Å². The lowest BCUT2D eigenvalue weighted by molar-refractivity contribution is 0.226. The average molecular weight is 293 g/mol. The van der Waals surface area contributed by atoms with E-state index in [2.05, 4.69) is 18.7 Å². The van der Waals surface area contributed by atoms with Gasteiger partial charge in [-0.25, -0.2) is 4.98 Å². The van der Waals surface area contributed by atoms with Gasteiger partial charge in [-0.1, -0.05) is 26.7 Å². The first kappa shape index (κ1) is 14.3. The van der Waals surface area contributed by atoms with Crippen LogP contribution in [0, 0.1) is 5.41 Å². The normalized spacial score (nSPS) is 22.1. The predicted octanol–water partition coefficient (Wildman–Crippen LogP) is 3.89. The summed E-state index contributed by atoms with van der Waals surface area (Å²) in [6.07, 6.45) is 8.55. The van der Waals surface area contributed by atoms with Crippen LogP contribution in [-0.4, -0.2) is 18.1 Å². The predicted molar refractivity (Wildman–Crippen MR) is 86.4 cm³/mol. The van der Waals surface area contributed by atoms with Crippen molar-refractivity contribution in [3.63, 3.8) is 0 Å². The summed E-state index contributed by atoms with van der Waals surface area (Å²) in [4.78, 5) is 8.66. The Morgan fingerprint density at radius 2 is 1.85 bits per heavy atom. The van der Waals surface area contributed by atoms with Crippen LogP contribution in [0.25, 0.3) is 0 Å². The second kappa shape index (κ2) is 5.64. The molecule has 1 aromatic rings. The maximum atomic E-state index is 5.88. The topological polar surface area (TPSA) is 42.2 Å². The number of nitrogens with zero attached hydrogens (tertiary/aromatic N) is 2. The van der Waals surface area contributed by atoms with E-state index < -0.39 is 0 Å². The Morgan fingerprint density at radius 1 is 1.20 bits per heavy atom. The fourth-order valence-corrected chi connectivity index (χ4v) is 5.03. The van der Waals surface area contributed by atoms with Crippen LogP contribution in [-0.2, 0) is 6.54 Å². The SMILES string of the molecule is CC(C)c1nc(N2CCC3(CCCC3)CC2)sc1CN. The quantitative estimate of drug-likeness (QED) is 0.919. The van der Waals surface area contributed by atoms with E-state index in [0.29, 0.717) is 17.9 Å². The number of thiazole rings is 1. The molecule has 0 bridgehead atoms. The number of aromatic nitrogens is 1. The van der Waals surface area contributed by atoms with Crippen LogP contribution in [0.5, 0.6) is 0 Å². The van der Waals surface area contributed by atoms with Crippen molar-refractivity contribution in [1.82, 2.24) is 4.98 Å². The number of hydrogen-bond acceptors (Lipinski definition) is 4. The molecule has 2 fully saturated rings. The van der Waals surface area contributed by atoms with E-state index in [9.17, 15) is 0 Å². The molecule has 1 aromatic heterocycles. The molecule has 4 heteroatoms. The fraction of sp³-hybridized carbons (Fsp3) is 0.812. The summed E-state index contributed by atoms with van der Waals surface area (Å²) in [5, 5.41) is 1.21. The lowest BCUT2D eigenvalue weighted by Crippen LogP contribution is -2.38. The zero-order valence-electron chi connectivity index (χ0n) is 12.8. The van der Waals surface area contributed by atoms with E-state index in [1.165, 1.54) is 67.3 Å². The van der Waals surface area contributed by atoms with Crippen molar-refractivity contribution in [2.45, 2.75) is 64.8 Å². The highest BCUT2D eigenvalue weighted by atomic mass is 32.1. The van der Waals surface area contributed by atoms with Gasteiger partial charge in [0.25, 0.3) is 0 Å². The van der Waals surface area contributed by atoms with E-state index in [0.717, 1.165) is 0 Å². The standard InChI is InChI=1S/C16H27N3S/c1-12(2)14-13(11-17)20-15(18-14)19-9-7-16(8-10-19)5-3-4-6-16/h12H,3-11,17H2,1-2H3. The summed E-state index contributed by atoms with van der Waals surface area (Å²) in [6, 6.07) is 0. The third-order valence-electron chi connectivity index (χ3n) is 5.21. The highest BCUT2D eigenvalue weighted by Crippen LogP contribution is 2.47. The van der Waals surface area contributed by atoms with Gasteiger partial charge in [-0.2, -0.15) is 0 Å². The Bertz CT molecular complexity index is 450. The van der Waals surface area contributed by atoms with Crippen molar-refractivity contribution in [2.75, 3.05) is 18.0 Å². The fourth-order valence-electron chi connectivity index (χ4n) is 3.88. The summed E-state index contributed by atoms with van der Waals surface area (Å²) < 4.78 is 0. The van der Waals surface area contributed by atoms with E-state index in [1.807, 2.05) is 11.3 Å². The Hall–Kier alpha value is -0.610. The van der Waals surface area contributed by atoms with Gasteiger partial charge in [-0.3, -0.25) is 0 Å². The number of hydrogen-bond donors (Lipinski definition) is 1. The van der Waals surface area contributed by atoms with Crippen LogP contribution in [0.4, 0.5) is 5.13 Å². The number of rotatable bonds is 3. The molecule has 3 nitrogen and oxygen atoms in total. The van der Waals surface area contributed by atoms with Crippen LogP contribution in [0.1, 0.15) is 68.9 Å². The number of piperidine rings is 1. The molecule has 2 aliphatic rings. The zero-order chi connectivity index (χ0) is 14.2. The molecule has 1 saturated carbocycles. The number of anilines is 1. The monoisotopic (exact) mass is 293 g/mol. The Labute approximate surface area is 126 Å². The molecule has 0 radical (unpaired) electrons. The van der Waals surface area contributed by atoms with Crippen LogP contribution in [0.15, 0.2) is 0 Å². The second-order valence-electron chi connectivity index (χ2n) is 6.86. The molecule has 112 valence electrons. The van der Waals surface area contributed by atoms with Gasteiger partial charge in [0.1, 0.15) is 0 Å². The molecule has 1 spiro atoms. The summed E-state index contributed by atoms with van der Waals surface area (Å²) >= 11 is 1.82. The van der Waals surface area contributed by atoms with E-state index >= 15 is 0 Å². The molecular formula is C16H27N3S. The molecule has 20 heavy (non-hydrogen) atoms. The highest BCUT2D eigenvalue weighted by molar-refractivity contribution is 7.15. The molecule has 0 aromatic carbocycles. The average Bonchev–Trinajstić information content (AvgIpc) is 3.07. The summed E-state index contributed by atoms with van der Waals surface area (Å²) in [6.45, 7) is 7.43. The van der Waals surface area contributed by atoms with Gasteiger partial charge >= 0.3 is 0 Å². The van der Waals surface area contributed by atoms with Crippen LogP contribution in [0.2, 0.25) is 0 Å². The van der Waals surface area contributed by atoms with Crippen LogP contribution in [0.3, 0.4) is 0 Å². The van der Waals surface area contributed by atoms with Gasteiger partial charge < -0.3 is 10.6 Å².